The van der Waals surface area contributed by atoms with Crippen LogP contribution >= 0.6 is 0 Å². The first-order valence-electron chi connectivity index (χ1n) is 5.23. The van der Waals surface area contributed by atoms with Crippen molar-refractivity contribution in [3.05, 3.63) is 30.3 Å². The maximum atomic E-state index is 11.3. The van der Waals surface area contributed by atoms with Gasteiger partial charge in [0.1, 0.15) is 6.54 Å². The minimum Gasteiger partial charge on any atom is -0.465 e. The molecule has 0 saturated carbocycles. The number of likely N-dealkylation sites (N-methyl/N-ethyl adjacent to an activating group) is 1. The van der Waals surface area contributed by atoms with Crippen molar-refractivity contribution in [1.29, 1.82) is 0 Å². The molecule has 0 heterocycles. The molecule has 0 amide bonds. The van der Waals surface area contributed by atoms with Gasteiger partial charge in [0.2, 0.25) is 0 Å². The molecule has 0 bridgehead atoms. The molecule has 0 aliphatic heterocycles. The van der Waals surface area contributed by atoms with Gasteiger partial charge < -0.3 is 9.64 Å². The number of carbonyl (C=O) groups is 1. The van der Waals surface area contributed by atoms with Crippen molar-refractivity contribution in [2.45, 2.75) is 13.8 Å². The molecule has 3 nitrogen and oxygen atoms in total. The Morgan fingerprint density at radius 2 is 1.93 bits per heavy atom. The van der Waals surface area contributed by atoms with Crippen LogP contribution in [0.15, 0.2) is 30.3 Å². The van der Waals surface area contributed by atoms with E-state index in [0.29, 0.717) is 13.2 Å². The van der Waals surface area contributed by atoms with Gasteiger partial charge >= 0.3 is 5.97 Å². The fraction of sp³-hybridized carbons (Fsp3) is 0.417. The molecule has 0 atom stereocenters. The zero-order valence-corrected chi connectivity index (χ0v) is 9.27. The third-order valence-corrected chi connectivity index (χ3v) is 2.13. The Hall–Kier alpha value is -1.51. The summed E-state index contributed by atoms with van der Waals surface area (Å²) in [6.07, 6.45) is 0. The van der Waals surface area contributed by atoms with Crippen molar-refractivity contribution in [1.82, 2.24) is 0 Å². The summed E-state index contributed by atoms with van der Waals surface area (Å²) < 4.78 is 4.92. The zero-order chi connectivity index (χ0) is 11.1. The molecule has 82 valence electrons. The zero-order valence-electron chi connectivity index (χ0n) is 9.27. The highest BCUT2D eigenvalue weighted by Gasteiger charge is 2.09. The van der Waals surface area contributed by atoms with E-state index in [1.165, 1.54) is 0 Å². The number of anilines is 1. The minimum absolute atomic E-state index is 0.178. The average Bonchev–Trinajstić information content (AvgIpc) is 2.27. The number of para-hydroxylation sites is 1. The van der Waals surface area contributed by atoms with Crippen LogP contribution in [0.5, 0.6) is 0 Å². The molecule has 0 aliphatic rings. The fourth-order valence-electron chi connectivity index (χ4n) is 1.39. The number of carbonyl (C=O) groups excluding carboxylic acids is 1. The summed E-state index contributed by atoms with van der Waals surface area (Å²) in [5, 5.41) is 0. The second-order valence-corrected chi connectivity index (χ2v) is 3.15. The van der Waals surface area contributed by atoms with Gasteiger partial charge in [0.05, 0.1) is 6.61 Å². The van der Waals surface area contributed by atoms with E-state index in [0.717, 1.165) is 12.2 Å². The highest BCUT2D eigenvalue weighted by Crippen LogP contribution is 2.12. The van der Waals surface area contributed by atoms with Gasteiger partial charge in [-0.05, 0) is 26.0 Å². The van der Waals surface area contributed by atoms with Crippen LogP contribution < -0.4 is 4.90 Å². The molecule has 1 aromatic carbocycles. The lowest BCUT2D eigenvalue weighted by molar-refractivity contribution is -0.141. The Morgan fingerprint density at radius 3 is 2.47 bits per heavy atom. The first-order valence-corrected chi connectivity index (χ1v) is 5.23. The van der Waals surface area contributed by atoms with E-state index >= 15 is 0 Å². The van der Waals surface area contributed by atoms with Gasteiger partial charge in [-0.2, -0.15) is 0 Å². The van der Waals surface area contributed by atoms with Crippen molar-refractivity contribution < 1.29 is 9.53 Å². The summed E-state index contributed by atoms with van der Waals surface area (Å²) >= 11 is 0. The molecular formula is C12H17NO2. The van der Waals surface area contributed by atoms with Crippen LogP contribution in [0.3, 0.4) is 0 Å². The van der Waals surface area contributed by atoms with Crippen LogP contribution in [-0.4, -0.2) is 25.7 Å². The summed E-state index contributed by atoms with van der Waals surface area (Å²) in [7, 11) is 0. The molecule has 0 unspecified atom stereocenters. The third-order valence-electron chi connectivity index (χ3n) is 2.13. The Bertz CT molecular complexity index is 298. The normalized spacial score (nSPS) is 9.73. The van der Waals surface area contributed by atoms with Crippen LogP contribution in [0, 0.1) is 0 Å². The molecule has 15 heavy (non-hydrogen) atoms. The molecule has 0 aromatic heterocycles. The summed E-state index contributed by atoms with van der Waals surface area (Å²) in [6.45, 7) is 5.38. The van der Waals surface area contributed by atoms with E-state index in [1.807, 2.05) is 49.1 Å². The summed E-state index contributed by atoms with van der Waals surface area (Å²) in [6, 6.07) is 9.86. The van der Waals surface area contributed by atoms with Gasteiger partial charge in [-0.15, -0.1) is 0 Å². The number of rotatable bonds is 5. The van der Waals surface area contributed by atoms with Crippen LogP contribution in [0.2, 0.25) is 0 Å². The second-order valence-electron chi connectivity index (χ2n) is 3.15. The minimum atomic E-state index is -0.178. The molecule has 0 fully saturated rings. The molecule has 0 radical (unpaired) electrons. The van der Waals surface area contributed by atoms with Crippen molar-refractivity contribution >= 4 is 11.7 Å². The standard InChI is InChI=1S/C12H17NO2/c1-3-13(10-12(14)15-4-2)11-8-6-5-7-9-11/h5-9H,3-4,10H2,1-2H3. The largest absolute Gasteiger partial charge is 0.465 e. The van der Waals surface area contributed by atoms with Gasteiger partial charge in [0.15, 0.2) is 0 Å². The fourth-order valence-corrected chi connectivity index (χ4v) is 1.39. The maximum Gasteiger partial charge on any atom is 0.325 e. The van der Waals surface area contributed by atoms with Crippen LogP contribution in [0.4, 0.5) is 5.69 Å². The Balaban J connectivity index is 2.61. The Labute approximate surface area is 90.7 Å². The quantitative estimate of drug-likeness (QED) is 0.692. The maximum absolute atomic E-state index is 11.3. The van der Waals surface area contributed by atoms with Crippen molar-refractivity contribution in [2.24, 2.45) is 0 Å². The number of nitrogens with zero attached hydrogens (tertiary/aromatic N) is 1. The number of benzene rings is 1. The summed E-state index contributed by atoms with van der Waals surface area (Å²) in [5.74, 6) is -0.178. The predicted molar refractivity (Wildman–Crippen MR) is 61.0 cm³/mol. The topological polar surface area (TPSA) is 29.5 Å². The number of esters is 1. The summed E-state index contributed by atoms with van der Waals surface area (Å²) in [4.78, 5) is 13.3. The van der Waals surface area contributed by atoms with Crippen LogP contribution in [0.1, 0.15) is 13.8 Å². The van der Waals surface area contributed by atoms with Gasteiger partial charge in [-0.25, -0.2) is 0 Å². The predicted octanol–water partition coefficient (Wildman–Crippen LogP) is 2.08. The van der Waals surface area contributed by atoms with E-state index in [-0.39, 0.29) is 5.97 Å². The van der Waals surface area contributed by atoms with E-state index in [4.69, 9.17) is 4.74 Å². The molecule has 3 heteroatoms. The molecule has 1 aromatic rings. The first-order chi connectivity index (χ1) is 7.27. The number of ether oxygens (including phenoxy) is 1. The average molecular weight is 207 g/mol. The third kappa shape index (κ3) is 3.62. The van der Waals surface area contributed by atoms with E-state index < -0.39 is 0 Å². The smallest absolute Gasteiger partial charge is 0.325 e. The number of hydrogen-bond acceptors (Lipinski definition) is 3. The molecular weight excluding hydrogens is 190 g/mol. The van der Waals surface area contributed by atoms with Crippen molar-refractivity contribution in [3.63, 3.8) is 0 Å². The van der Waals surface area contributed by atoms with Gasteiger partial charge in [-0.3, -0.25) is 4.79 Å². The molecule has 0 aliphatic carbocycles. The second kappa shape index (κ2) is 6.06. The highest BCUT2D eigenvalue weighted by molar-refractivity contribution is 5.75. The van der Waals surface area contributed by atoms with E-state index in [2.05, 4.69) is 0 Å². The molecule has 1 rings (SSSR count). The lowest BCUT2D eigenvalue weighted by atomic mass is 10.3. The number of hydrogen-bond donors (Lipinski definition) is 0. The monoisotopic (exact) mass is 207 g/mol. The van der Waals surface area contributed by atoms with Gasteiger partial charge in [0.25, 0.3) is 0 Å². The lowest BCUT2D eigenvalue weighted by Gasteiger charge is -2.21. The van der Waals surface area contributed by atoms with Crippen molar-refractivity contribution in [2.75, 3.05) is 24.6 Å². The van der Waals surface area contributed by atoms with Crippen molar-refractivity contribution in [3.8, 4) is 0 Å². The molecule has 0 spiro atoms. The Kier molecular flexibility index (Phi) is 4.68. The van der Waals surface area contributed by atoms with Gasteiger partial charge in [-0.1, -0.05) is 18.2 Å². The first kappa shape index (κ1) is 11.6. The SMILES string of the molecule is CCOC(=O)CN(CC)c1ccccc1. The van der Waals surface area contributed by atoms with E-state index in [1.54, 1.807) is 0 Å². The van der Waals surface area contributed by atoms with Crippen LogP contribution in [-0.2, 0) is 9.53 Å². The lowest BCUT2D eigenvalue weighted by Crippen LogP contribution is -2.30. The van der Waals surface area contributed by atoms with Crippen LogP contribution in [0.25, 0.3) is 0 Å². The molecule has 0 N–H and O–H groups in total. The molecule has 0 saturated heterocycles. The summed E-state index contributed by atoms with van der Waals surface area (Å²) in [5.41, 5.74) is 1.05. The highest BCUT2D eigenvalue weighted by atomic mass is 16.5. The Morgan fingerprint density at radius 1 is 1.27 bits per heavy atom. The van der Waals surface area contributed by atoms with Gasteiger partial charge in [0, 0.05) is 12.2 Å². The van der Waals surface area contributed by atoms with E-state index in [9.17, 15) is 4.79 Å².